The summed E-state index contributed by atoms with van der Waals surface area (Å²) in [5.74, 6) is -0.368. The van der Waals surface area contributed by atoms with Crippen LogP contribution in [0.4, 0.5) is 5.69 Å². The van der Waals surface area contributed by atoms with E-state index in [-0.39, 0.29) is 5.97 Å². The quantitative estimate of drug-likeness (QED) is 0.421. The van der Waals surface area contributed by atoms with Gasteiger partial charge in [-0.25, -0.2) is 0 Å². The lowest BCUT2D eigenvalue weighted by molar-refractivity contribution is -0.145. The summed E-state index contributed by atoms with van der Waals surface area (Å²) < 4.78 is 4.79. The van der Waals surface area contributed by atoms with Crippen molar-refractivity contribution in [2.75, 3.05) is 5.73 Å². The molecular weight excluding hydrogens is 180 g/mol. The number of ether oxygens (including phenoxy) is 1. The molecule has 0 bridgehead atoms. The zero-order chi connectivity index (χ0) is 10.6. The molecule has 0 aliphatic carbocycles. The van der Waals surface area contributed by atoms with Crippen LogP contribution in [0.15, 0.2) is 24.3 Å². The van der Waals surface area contributed by atoms with Gasteiger partial charge in [-0.05, 0) is 17.7 Å². The first-order valence-electron chi connectivity index (χ1n) is 4.35. The van der Waals surface area contributed by atoms with Crippen LogP contribution in [0.25, 0.3) is 0 Å². The van der Waals surface area contributed by atoms with Gasteiger partial charge in [0, 0.05) is 19.0 Å². The summed E-state index contributed by atoms with van der Waals surface area (Å²) in [5.41, 5.74) is 12.8. The second-order valence-corrected chi connectivity index (χ2v) is 3.09. The van der Waals surface area contributed by atoms with Gasteiger partial charge < -0.3 is 10.5 Å². The molecule has 4 nitrogen and oxygen atoms in total. The average Bonchev–Trinajstić information content (AvgIpc) is 2.07. The SMILES string of the molecule is CC(=O)OC(N)Cc1ccc(N)cc1. The summed E-state index contributed by atoms with van der Waals surface area (Å²) in [7, 11) is 0. The zero-order valence-corrected chi connectivity index (χ0v) is 8.07. The number of carbonyl (C=O) groups excluding carboxylic acids is 1. The predicted octanol–water partition coefficient (Wildman–Crippen LogP) is 0.659. The smallest absolute Gasteiger partial charge is 0.304 e. The molecule has 0 amide bonds. The molecule has 1 aromatic carbocycles. The Morgan fingerprint density at radius 3 is 2.50 bits per heavy atom. The Balaban J connectivity index is 2.51. The number of nitrogen functional groups attached to an aromatic ring is 1. The van der Waals surface area contributed by atoms with Crippen LogP contribution in [0.3, 0.4) is 0 Å². The molecule has 0 heterocycles. The predicted molar refractivity (Wildman–Crippen MR) is 54.3 cm³/mol. The number of hydrogen-bond donors (Lipinski definition) is 2. The van der Waals surface area contributed by atoms with Crippen molar-refractivity contribution in [2.24, 2.45) is 5.73 Å². The van der Waals surface area contributed by atoms with E-state index in [1.165, 1.54) is 6.92 Å². The Bertz CT molecular complexity index is 308. The number of anilines is 1. The third-order valence-corrected chi connectivity index (χ3v) is 1.73. The van der Waals surface area contributed by atoms with Gasteiger partial charge in [-0.15, -0.1) is 0 Å². The van der Waals surface area contributed by atoms with Crippen LogP contribution < -0.4 is 11.5 Å². The van der Waals surface area contributed by atoms with Crippen LogP contribution in [0, 0.1) is 0 Å². The van der Waals surface area contributed by atoms with Gasteiger partial charge in [-0.2, -0.15) is 0 Å². The van der Waals surface area contributed by atoms with E-state index in [0.717, 1.165) is 5.56 Å². The first-order valence-corrected chi connectivity index (χ1v) is 4.35. The lowest BCUT2D eigenvalue weighted by Gasteiger charge is -2.11. The highest BCUT2D eigenvalue weighted by Gasteiger charge is 2.06. The molecule has 1 unspecified atom stereocenters. The summed E-state index contributed by atoms with van der Waals surface area (Å²) in [5, 5.41) is 0. The lowest BCUT2D eigenvalue weighted by atomic mass is 10.1. The summed E-state index contributed by atoms with van der Waals surface area (Å²) in [6.45, 7) is 1.34. The maximum absolute atomic E-state index is 10.6. The van der Waals surface area contributed by atoms with Crippen molar-refractivity contribution in [1.29, 1.82) is 0 Å². The Morgan fingerprint density at radius 2 is 2.00 bits per heavy atom. The molecule has 1 atom stereocenters. The fourth-order valence-corrected chi connectivity index (χ4v) is 1.14. The molecule has 1 rings (SSSR count). The molecule has 0 spiro atoms. The first kappa shape index (κ1) is 10.5. The van der Waals surface area contributed by atoms with Crippen LogP contribution in [0.2, 0.25) is 0 Å². The Morgan fingerprint density at radius 1 is 1.43 bits per heavy atom. The molecule has 0 aromatic heterocycles. The van der Waals surface area contributed by atoms with Gasteiger partial charge in [0.15, 0.2) is 6.23 Å². The van der Waals surface area contributed by atoms with Gasteiger partial charge in [-0.3, -0.25) is 10.5 Å². The maximum Gasteiger partial charge on any atom is 0.304 e. The van der Waals surface area contributed by atoms with Crippen molar-refractivity contribution in [3.63, 3.8) is 0 Å². The van der Waals surface area contributed by atoms with E-state index in [1.807, 2.05) is 12.1 Å². The van der Waals surface area contributed by atoms with Crippen LogP contribution >= 0.6 is 0 Å². The number of carbonyl (C=O) groups is 1. The summed E-state index contributed by atoms with van der Waals surface area (Å²) in [6.07, 6.45) is -0.0871. The monoisotopic (exact) mass is 194 g/mol. The van der Waals surface area contributed by atoms with Crippen molar-refractivity contribution < 1.29 is 9.53 Å². The van der Waals surface area contributed by atoms with Crippen LogP contribution in [-0.4, -0.2) is 12.2 Å². The van der Waals surface area contributed by atoms with Gasteiger partial charge in [0.25, 0.3) is 0 Å². The molecule has 4 N–H and O–H groups in total. The molecule has 0 aliphatic rings. The molecule has 0 saturated carbocycles. The number of hydrogen-bond acceptors (Lipinski definition) is 4. The number of nitrogens with two attached hydrogens (primary N) is 2. The fraction of sp³-hybridized carbons (Fsp3) is 0.300. The minimum atomic E-state index is -0.587. The van der Waals surface area contributed by atoms with Gasteiger partial charge >= 0.3 is 5.97 Å². The molecule has 0 saturated heterocycles. The number of esters is 1. The van der Waals surface area contributed by atoms with E-state index in [4.69, 9.17) is 16.2 Å². The van der Waals surface area contributed by atoms with E-state index in [0.29, 0.717) is 12.1 Å². The molecule has 4 heteroatoms. The molecule has 14 heavy (non-hydrogen) atoms. The van der Waals surface area contributed by atoms with Crippen molar-refractivity contribution in [2.45, 2.75) is 19.6 Å². The lowest BCUT2D eigenvalue weighted by Crippen LogP contribution is -2.28. The van der Waals surface area contributed by atoms with Crippen molar-refractivity contribution in [1.82, 2.24) is 0 Å². The Kier molecular flexibility index (Phi) is 3.48. The topological polar surface area (TPSA) is 78.3 Å². The van der Waals surface area contributed by atoms with Crippen LogP contribution in [-0.2, 0) is 16.0 Å². The van der Waals surface area contributed by atoms with Crippen molar-refractivity contribution >= 4 is 11.7 Å². The number of rotatable bonds is 3. The minimum absolute atomic E-state index is 0.368. The zero-order valence-electron chi connectivity index (χ0n) is 8.07. The molecule has 1 aromatic rings. The normalized spacial score (nSPS) is 12.1. The van der Waals surface area contributed by atoms with E-state index in [1.54, 1.807) is 12.1 Å². The second kappa shape index (κ2) is 4.62. The third kappa shape index (κ3) is 3.45. The third-order valence-electron chi connectivity index (χ3n) is 1.73. The Labute approximate surface area is 82.8 Å². The standard InChI is InChI=1S/C10H14N2O2/c1-7(13)14-10(12)6-8-2-4-9(11)5-3-8/h2-5,10H,6,11-12H2,1H3. The van der Waals surface area contributed by atoms with Gasteiger partial charge in [0.1, 0.15) is 0 Å². The van der Waals surface area contributed by atoms with Crippen LogP contribution in [0.1, 0.15) is 12.5 Å². The summed E-state index contributed by atoms with van der Waals surface area (Å²) in [6, 6.07) is 7.29. The van der Waals surface area contributed by atoms with Crippen molar-refractivity contribution in [3.8, 4) is 0 Å². The minimum Gasteiger partial charge on any atom is -0.447 e. The number of benzene rings is 1. The van der Waals surface area contributed by atoms with E-state index in [2.05, 4.69) is 0 Å². The fourth-order valence-electron chi connectivity index (χ4n) is 1.14. The average molecular weight is 194 g/mol. The highest BCUT2D eigenvalue weighted by atomic mass is 16.5. The summed E-state index contributed by atoms with van der Waals surface area (Å²) >= 11 is 0. The van der Waals surface area contributed by atoms with Gasteiger partial charge in [-0.1, -0.05) is 12.1 Å². The van der Waals surface area contributed by atoms with Crippen molar-refractivity contribution in [3.05, 3.63) is 29.8 Å². The molecule has 0 aliphatic heterocycles. The largest absolute Gasteiger partial charge is 0.447 e. The highest BCUT2D eigenvalue weighted by molar-refractivity contribution is 5.66. The molecule has 0 radical (unpaired) electrons. The Hall–Kier alpha value is -1.55. The summed E-state index contributed by atoms with van der Waals surface area (Å²) in [4.78, 5) is 10.6. The van der Waals surface area contributed by atoms with Gasteiger partial charge in [0.2, 0.25) is 0 Å². The molecule has 76 valence electrons. The van der Waals surface area contributed by atoms with E-state index >= 15 is 0 Å². The highest BCUT2D eigenvalue weighted by Crippen LogP contribution is 2.07. The molecular formula is C10H14N2O2. The second-order valence-electron chi connectivity index (χ2n) is 3.09. The van der Waals surface area contributed by atoms with E-state index in [9.17, 15) is 4.79 Å². The van der Waals surface area contributed by atoms with Crippen LogP contribution in [0.5, 0.6) is 0 Å². The molecule has 0 fully saturated rings. The first-order chi connectivity index (χ1) is 6.58. The van der Waals surface area contributed by atoms with E-state index < -0.39 is 6.23 Å². The van der Waals surface area contributed by atoms with Gasteiger partial charge in [0.05, 0.1) is 0 Å². The maximum atomic E-state index is 10.6.